The highest BCUT2D eigenvalue weighted by atomic mass is 16.2. The molecule has 0 spiro atoms. The van der Waals surface area contributed by atoms with Gasteiger partial charge in [-0.2, -0.15) is 0 Å². The van der Waals surface area contributed by atoms with Crippen LogP contribution in [0.15, 0.2) is 18.3 Å². The van der Waals surface area contributed by atoms with Crippen LogP contribution in [0.1, 0.15) is 55.6 Å². The lowest BCUT2D eigenvalue weighted by atomic mass is 9.74. The van der Waals surface area contributed by atoms with E-state index in [0.29, 0.717) is 17.7 Å². The normalized spacial score (nSPS) is 18.1. The smallest absolute Gasteiger partial charge is 0.272 e. The lowest BCUT2D eigenvalue weighted by Crippen LogP contribution is -2.43. The van der Waals surface area contributed by atoms with Crippen LogP contribution in [-0.4, -0.2) is 28.9 Å². The van der Waals surface area contributed by atoms with Crippen LogP contribution in [0.25, 0.3) is 0 Å². The Kier molecular flexibility index (Phi) is 4.76. The predicted octanol–water partition coefficient (Wildman–Crippen LogP) is 2.58. The number of nitrogens with two attached hydrogens (primary N) is 1. The molecular weight excluding hydrogens is 250 g/mol. The summed E-state index contributed by atoms with van der Waals surface area (Å²) in [4.78, 5) is 18.6. The maximum Gasteiger partial charge on any atom is 0.272 e. The molecule has 0 unspecified atom stereocenters. The van der Waals surface area contributed by atoms with Gasteiger partial charge in [0.2, 0.25) is 0 Å². The van der Waals surface area contributed by atoms with Gasteiger partial charge in [0.15, 0.2) is 0 Å². The zero-order valence-electron chi connectivity index (χ0n) is 12.6. The third kappa shape index (κ3) is 3.01. The van der Waals surface area contributed by atoms with Crippen LogP contribution in [0.5, 0.6) is 0 Å². The molecule has 20 heavy (non-hydrogen) atoms. The molecule has 4 nitrogen and oxygen atoms in total. The number of likely N-dealkylation sites (tertiary alicyclic amines) is 1. The monoisotopic (exact) mass is 275 g/mol. The number of hydrogen-bond donors (Lipinski definition) is 1. The second-order valence-corrected chi connectivity index (χ2v) is 5.76. The molecule has 0 aliphatic carbocycles. The van der Waals surface area contributed by atoms with Gasteiger partial charge >= 0.3 is 0 Å². The van der Waals surface area contributed by atoms with Crippen molar-refractivity contribution in [2.24, 2.45) is 11.1 Å². The van der Waals surface area contributed by atoms with Gasteiger partial charge in [0.25, 0.3) is 5.91 Å². The van der Waals surface area contributed by atoms with Gasteiger partial charge in [-0.05, 0) is 29.9 Å². The third-order valence-corrected chi connectivity index (χ3v) is 4.89. The first-order valence-corrected chi connectivity index (χ1v) is 7.58. The summed E-state index contributed by atoms with van der Waals surface area (Å²) in [6.45, 7) is 6.67. The van der Waals surface area contributed by atoms with E-state index in [0.717, 1.165) is 31.5 Å². The average Bonchev–Trinajstić information content (AvgIpc) is 2.54. The Balaban J connectivity index is 2.00. The third-order valence-electron chi connectivity index (χ3n) is 4.89. The molecule has 1 aromatic heterocycles. The maximum absolute atomic E-state index is 12.4. The van der Waals surface area contributed by atoms with Crippen molar-refractivity contribution in [3.63, 3.8) is 0 Å². The number of carbonyl (C=O) groups excluding carboxylic acids is 1. The second-order valence-electron chi connectivity index (χ2n) is 5.76. The lowest BCUT2D eigenvalue weighted by molar-refractivity contribution is 0.0552. The van der Waals surface area contributed by atoms with E-state index in [1.54, 1.807) is 12.3 Å². The predicted molar refractivity (Wildman–Crippen MR) is 80.3 cm³/mol. The van der Waals surface area contributed by atoms with E-state index in [1.165, 1.54) is 12.8 Å². The van der Waals surface area contributed by atoms with Crippen LogP contribution < -0.4 is 5.73 Å². The molecular formula is C16H25N3O. The minimum atomic E-state index is 0.0503. The van der Waals surface area contributed by atoms with Crippen LogP contribution in [0.3, 0.4) is 0 Å². The molecule has 1 amide bonds. The topological polar surface area (TPSA) is 59.2 Å². The molecule has 1 aromatic rings. The largest absolute Gasteiger partial charge is 0.337 e. The Bertz CT molecular complexity index is 441. The molecule has 1 aliphatic rings. The van der Waals surface area contributed by atoms with Gasteiger partial charge in [-0.1, -0.05) is 32.8 Å². The van der Waals surface area contributed by atoms with E-state index in [2.05, 4.69) is 18.8 Å². The number of pyridine rings is 1. The summed E-state index contributed by atoms with van der Waals surface area (Å²) in [5.74, 6) is 0.0503. The highest BCUT2D eigenvalue weighted by molar-refractivity contribution is 5.92. The maximum atomic E-state index is 12.4. The number of aromatic nitrogens is 1. The quantitative estimate of drug-likeness (QED) is 0.918. The Labute approximate surface area is 121 Å². The second kappa shape index (κ2) is 6.35. The molecule has 0 aromatic carbocycles. The van der Waals surface area contributed by atoms with Crippen molar-refractivity contribution in [1.82, 2.24) is 9.88 Å². The van der Waals surface area contributed by atoms with Crippen molar-refractivity contribution in [1.29, 1.82) is 0 Å². The number of piperidine rings is 1. The van der Waals surface area contributed by atoms with E-state index in [4.69, 9.17) is 5.73 Å². The zero-order valence-corrected chi connectivity index (χ0v) is 12.6. The van der Waals surface area contributed by atoms with Crippen molar-refractivity contribution in [2.75, 3.05) is 13.1 Å². The van der Waals surface area contributed by atoms with E-state index in [1.807, 2.05) is 11.0 Å². The molecule has 110 valence electrons. The first-order chi connectivity index (χ1) is 9.64. The molecule has 0 radical (unpaired) electrons. The fourth-order valence-electron chi connectivity index (χ4n) is 2.98. The summed E-state index contributed by atoms with van der Waals surface area (Å²) in [5.41, 5.74) is 7.47. The summed E-state index contributed by atoms with van der Waals surface area (Å²) in [5, 5.41) is 0. The van der Waals surface area contributed by atoms with Gasteiger partial charge in [0.05, 0.1) is 0 Å². The van der Waals surface area contributed by atoms with Crippen LogP contribution in [0.4, 0.5) is 0 Å². The average molecular weight is 275 g/mol. The summed E-state index contributed by atoms with van der Waals surface area (Å²) >= 11 is 0. The highest BCUT2D eigenvalue weighted by Crippen LogP contribution is 2.38. The Morgan fingerprint density at radius 2 is 1.95 bits per heavy atom. The van der Waals surface area contributed by atoms with Gasteiger partial charge in [-0.25, -0.2) is 0 Å². The van der Waals surface area contributed by atoms with Crippen LogP contribution in [0.2, 0.25) is 0 Å². The number of amides is 1. The summed E-state index contributed by atoms with van der Waals surface area (Å²) in [6, 6.07) is 3.67. The number of nitrogens with zero attached hydrogens (tertiary/aromatic N) is 2. The van der Waals surface area contributed by atoms with Gasteiger partial charge in [-0.3, -0.25) is 9.78 Å². The Hall–Kier alpha value is -1.42. The summed E-state index contributed by atoms with van der Waals surface area (Å²) in [7, 11) is 0. The fourth-order valence-corrected chi connectivity index (χ4v) is 2.98. The number of hydrogen-bond acceptors (Lipinski definition) is 3. The molecule has 4 heteroatoms. The summed E-state index contributed by atoms with van der Waals surface area (Å²) in [6.07, 6.45) is 6.31. The SMILES string of the molecule is CCC1(CC)CCN(C(=O)c2ccc(CN)cn2)CC1. The van der Waals surface area contributed by atoms with E-state index >= 15 is 0 Å². The molecule has 2 heterocycles. The first-order valence-electron chi connectivity index (χ1n) is 7.58. The standard InChI is InChI=1S/C16H25N3O/c1-3-16(4-2)7-9-19(10-8-16)15(20)14-6-5-13(11-17)12-18-14/h5-6,12H,3-4,7-11,17H2,1-2H3. The number of carbonyl (C=O) groups is 1. The van der Waals surface area contributed by atoms with Gasteiger partial charge < -0.3 is 10.6 Å². The van der Waals surface area contributed by atoms with Crippen molar-refractivity contribution >= 4 is 5.91 Å². The molecule has 1 fully saturated rings. The van der Waals surface area contributed by atoms with E-state index in [-0.39, 0.29) is 5.91 Å². The molecule has 2 rings (SSSR count). The van der Waals surface area contributed by atoms with E-state index < -0.39 is 0 Å². The highest BCUT2D eigenvalue weighted by Gasteiger charge is 2.33. The van der Waals surface area contributed by atoms with Crippen molar-refractivity contribution < 1.29 is 4.79 Å². The van der Waals surface area contributed by atoms with Crippen LogP contribution in [-0.2, 0) is 6.54 Å². The Morgan fingerprint density at radius 3 is 2.40 bits per heavy atom. The number of rotatable bonds is 4. The van der Waals surface area contributed by atoms with Crippen LogP contribution >= 0.6 is 0 Å². The lowest BCUT2D eigenvalue weighted by Gasteiger charge is -2.40. The molecule has 0 bridgehead atoms. The molecule has 0 atom stereocenters. The molecule has 2 N–H and O–H groups in total. The first kappa shape index (κ1) is 15.0. The van der Waals surface area contributed by atoms with E-state index in [9.17, 15) is 4.79 Å². The van der Waals surface area contributed by atoms with Gasteiger partial charge in [-0.15, -0.1) is 0 Å². The minimum absolute atomic E-state index is 0.0503. The minimum Gasteiger partial charge on any atom is -0.337 e. The zero-order chi connectivity index (χ0) is 14.6. The fraction of sp³-hybridized carbons (Fsp3) is 0.625. The molecule has 1 saturated heterocycles. The molecule has 0 saturated carbocycles. The van der Waals surface area contributed by atoms with Crippen molar-refractivity contribution in [3.05, 3.63) is 29.6 Å². The van der Waals surface area contributed by atoms with Gasteiger partial charge in [0, 0.05) is 25.8 Å². The Morgan fingerprint density at radius 1 is 1.30 bits per heavy atom. The van der Waals surface area contributed by atoms with Crippen LogP contribution in [0, 0.1) is 5.41 Å². The van der Waals surface area contributed by atoms with Gasteiger partial charge in [0.1, 0.15) is 5.69 Å². The van der Waals surface area contributed by atoms with Crippen molar-refractivity contribution in [2.45, 2.75) is 46.1 Å². The molecule has 1 aliphatic heterocycles. The van der Waals surface area contributed by atoms with Crippen molar-refractivity contribution in [3.8, 4) is 0 Å². The summed E-state index contributed by atoms with van der Waals surface area (Å²) < 4.78 is 0.